The molecule has 0 atom stereocenters. The van der Waals surface area contributed by atoms with E-state index >= 15 is 0 Å². The van der Waals surface area contributed by atoms with Crippen molar-refractivity contribution in [3.05, 3.63) is 10.7 Å². The minimum absolute atomic E-state index is 0.616. The van der Waals surface area contributed by atoms with E-state index in [9.17, 15) is 0 Å². The molecule has 1 heterocycles. The number of ether oxygens (including phenoxy) is 1. The standard InChI is InChI=1S/C12H19BrN4O/c1-14-12-16-7-10(13)11(17-12)15-5-2-6-18-8-9-3-4-9/h7,9H,2-6,8H2,1H3,(H2,14,15,16,17). The first-order valence-electron chi connectivity index (χ1n) is 6.31. The highest BCUT2D eigenvalue weighted by molar-refractivity contribution is 9.10. The summed E-state index contributed by atoms with van der Waals surface area (Å²) < 4.78 is 6.45. The van der Waals surface area contributed by atoms with Crippen LogP contribution in [0.4, 0.5) is 11.8 Å². The van der Waals surface area contributed by atoms with Crippen molar-refractivity contribution in [3.8, 4) is 0 Å². The minimum Gasteiger partial charge on any atom is -0.381 e. The summed E-state index contributed by atoms with van der Waals surface area (Å²) in [5, 5.41) is 6.19. The van der Waals surface area contributed by atoms with Gasteiger partial charge in [-0.15, -0.1) is 0 Å². The molecule has 1 aromatic rings. The molecule has 1 aliphatic rings. The maximum absolute atomic E-state index is 5.57. The molecule has 0 saturated heterocycles. The van der Waals surface area contributed by atoms with Crippen LogP contribution in [0.5, 0.6) is 0 Å². The fourth-order valence-electron chi connectivity index (χ4n) is 1.53. The largest absolute Gasteiger partial charge is 0.381 e. The summed E-state index contributed by atoms with van der Waals surface area (Å²) in [6.45, 7) is 2.59. The molecule has 2 N–H and O–H groups in total. The van der Waals surface area contributed by atoms with Crippen LogP contribution in [0.25, 0.3) is 0 Å². The van der Waals surface area contributed by atoms with Crippen LogP contribution in [0.1, 0.15) is 19.3 Å². The molecule has 1 fully saturated rings. The van der Waals surface area contributed by atoms with E-state index in [1.54, 1.807) is 13.2 Å². The summed E-state index contributed by atoms with van der Waals surface area (Å²) in [6.07, 6.45) is 5.42. The van der Waals surface area contributed by atoms with E-state index in [-0.39, 0.29) is 0 Å². The predicted octanol–water partition coefficient (Wildman–Crippen LogP) is 2.51. The molecule has 1 aliphatic carbocycles. The van der Waals surface area contributed by atoms with Crippen molar-refractivity contribution < 1.29 is 4.74 Å². The highest BCUT2D eigenvalue weighted by Gasteiger charge is 2.20. The third kappa shape index (κ3) is 4.42. The van der Waals surface area contributed by atoms with Gasteiger partial charge in [-0.05, 0) is 41.1 Å². The molecule has 2 rings (SSSR count). The Hall–Kier alpha value is -0.880. The van der Waals surface area contributed by atoms with Crippen LogP contribution >= 0.6 is 15.9 Å². The van der Waals surface area contributed by atoms with Gasteiger partial charge in [0.25, 0.3) is 0 Å². The smallest absolute Gasteiger partial charge is 0.224 e. The maximum atomic E-state index is 5.57. The molecule has 0 unspecified atom stereocenters. The van der Waals surface area contributed by atoms with Crippen molar-refractivity contribution in [1.82, 2.24) is 9.97 Å². The molecule has 0 bridgehead atoms. The fourth-order valence-corrected chi connectivity index (χ4v) is 1.86. The van der Waals surface area contributed by atoms with Crippen LogP contribution < -0.4 is 10.6 Å². The van der Waals surface area contributed by atoms with Crippen molar-refractivity contribution in [2.75, 3.05) is 37.4 Å². The van der Waals surface area contributed by atoms with E-state index in [1.165, 1.54) is 12.8 Å². The highest BCUT2D eigenvalue weighted by Crippen LogP contribution is 2.28. The van der Waals surface area contributed by atoms with Crippen molar-refractivity contribution in [2.45, 2.75) is 19.3 Å². The zero-order valence-electron chi connectivity index (χ0n) is 10.6. The molecule has 0 radical (unpaired) electrons. The summed E-state index contributed by atoms with van der Waals surface area (Å²) >= 11 is 3.42. The predicted molar refractivity (Wildman–Crippen MR) is 75.9 cm³/mol. The summed E-state index contributed by atoms with van der Waals surface area (Å²) in [5.74, 6) is 2.27. The molecule has 0 amide bonds. The Balaban J connectivity index is 1.65. The molecule has 100 valence electrons. The van der Waals surface area contributed by atoms with Crippen LogP contribution in [0.15, 0.2) is 10.7 Å². The van der Waals surface area contributed by atoms with E-state index in [0.717, 1.165) is 42.4 Å². The molecule has 6 heteroatoms. The summed E-state index contributed by atoms with van der Waals surface area (Å²) in [7, 11) is 1.80. The van der Waals surface area contributed by atoms with Crippen molar-refractivity contribution in [3.63, 3.8) is 0 Å². The second-order valence-corrected chi connectivity index (χ2v) is 5.29. The van der Waals surface area contributed by atoms with Gasteiger partial charge in [-0.1, -0.05) is 0 Å². The number of anilines is 2. The number of hydrogen-bond acceptors (Lipinski definition) is 5. The topological polar surface area (TPSA) is 59.1 Å². The number of hydrogen-bond donors (Lipinski definition) is 2. The van der Waals surface area contributed by atoms with Gasteiger partial charge in [-0.3, -0.25) is 0 Å². The van der Waals surface area contributed by atoms with Crippen molar-refractivity contribution >= 4 is 27.7 Å². The number of nitrogens with zero attached hydrogens (tertiary/aromatic N) is 2. The van der Waals surface area contributed by atoms with Gasteiger partial charge in [0, 0.05) is 33.0 Å². The molecular formula is C12H19BrN4O. The second-order valence-electron chi connectivity index (χ2n) is 4.44. The Morgan fingerprint density at radius 3 is 3.06 bits per heavy atom. The summed E-state index contributed by atoms with van der Waals surface area (Å²) in [4.78, 5) is 8.43. The van der Waals surface area contributed by atoms with Crippen LogP contribution in [0.2, 0.25) is 0 Å². The SMILES string of the molecule is CNc1ncc(Br)c(NCCCOCC2CC2)n1. The zero-order valence-corrected chi connectivity index (χ0v) is 12.2. The molecule has 0 aromatic carbocycles. The average Bonchev–Trinajstić information content (AvgIpc) is 3.19. The average molecular weight is 315 g/mol. The molecular weight excluding hydrogens is 296 g/mol. The number of aromatic nitrogens is 2. The van der Waals surface area contributed by atoms with Gasteiger partial charge in [-0.2, -0.15) is 4.98 Å². The fraction of sp³-hybridized carbons (Fsp3) is 0.667. The molecule has 1 aromatic heterocycles. The second kappa shape index (κ2) is 6.89. The first-order valence-corrected chi connectivity index (χ1v) is 7.11. The van der Waals surface area contributed by atoms with Crippen LogP contribution in [0, 0.1) is 5.92 Å². The third-order valence-electron chi connectivity index (χ3n) is 2.78. The van der Waals surface area contributed by atoms with Crippen LogP contribution in [-0.2, 0) is 4.74 Å². The summed E-state index contributed by atoms with van der Waals surface area (Å²) in [6, 6.07) is 0. The Morgan fingerprint density at radius 2 is 2.33 bits per heavy atom. The van der Waals surface area contributed by atoms with E-state index in [1.807, 2.05) is 0 Å². The monoisotopic (exact) mass is 314 g/mol. The molecule has 0 spiro atoms. The van der Waals surface area contributed by atoms with Gasteiger partial charge < -0.3 is 15.4 Å². The van der Waals surface area contributed by atoms with Crippen LogP contribution in [-0.4, -0.2) is 36.8 Å². The molecule has 0 aliphatic heterocycles. The lowest BCUT2D eigenvalue weighted by atomic mass is 10.4. The zero-order chi connectivity index (χ0) is 12.8. The first kappa shape index (κ1) is 13.5. The highest BCUT2D eigenvalue weighted by atomic mass is 79.9. The van der Waals surface area contributed by atoms with Gasteiger partial charge >= 0.3 is 0 Å². The molecule has 5 nitrogen and oxygen atoms in total. The van der Waals surface area contributed by atoms with Gasteiger partial charge in [0.15, 0.2) is 0 Å². The Morgan fingerprint density at radius 1 is 1.50 bits per heavy atom. The number of rotatable bonds is 8. The Kier molecular flexibility index (Phi) is 5.19. The van der Waals surface area contributed by atoms with Crippen molar-refractivity contribution in [2.24, 2.45) is 5.92 Å². The lowest BCUT2D eigenvalue weighted by molar-refractivity contribution is 0.124. The number of halogens is 1. The molecule has 18 heavy (non-hydrogen) atoms. The minimum atomic E-state index is 0.616. The van der Waals surface area contributed by atoms with E-state index in [4.69, 9.17) is 4.74 Å². The van der Waals surface area contributed by atoms with Gasteiger partial charge in [0.1, 0.15) is 5.82 Å². The van der Waals surface area contributed by atoms with E-state index in [0.29, 0.717) is 5.95 Å². The Labute approximate surface area is 116 Å². The van der Waals surface area contributed by atoms with E-state index in [2.05, 4.69) is 36.5 Å². The lowest BCUT2D eigenvalue weighted by Crippen LogP contribution is -2.09. The first-order chi connectivity index (χ1) is 8.79. The summed E-state index contributed by atoms with van der Waals surface area (Å²) in [5.41, 5.74) is 0. The number of nitrogens with one attached hydrogen (secondary N) is 2. The maximum Gasteiger partial charge on any atom is 0.224 e. The van der Waals surface area contributed by atoms with Gasteiger partial charge in [0.2, 0.25) is 5.95 Å². The van der Waals surface area contributed by atoms with Gasteiger partial charge in [0.05, 0.1) is 4.47 Å². The quantitative estimate of drug-likeness (QED) is 0.722. The van der Waals surface area contributed by atoms with Gasteiger partial charge in [-0.25, -0.2) is 4.98 Å². The van der Waals surface area contributed by atoms with Crippen LogP contribution in [0.3, 0.4) is 0 Å². The Bertz CT molecular complexity index is 384. The normalized spacial score (nSPS) is 14.6. The lowest BCUT2D eigenvalue weighted by Gasteiger charge is -2.09. The van der Waals surface area contributed by atoms with Crippen molar-refractivity contribution in [1.29, 1.82) is 0 Å². The third-order valence-corrected chi connectivity index (χ3v) is 3.36. The molecule has 1 saturated carbocycles. The van der Waals surface area contributed by atoms with E-state index < -0.39 is 0 Å².